The lowest BCUT2D eigenvalue weighted by Crippen LogP contribution is -2.32. The molecule has 0 aliphatic carbocycles. The average Bonchev–Trinajstić information content (AvgIpc) is 2.56. The van der Waals surface area contributed by atoms with Crippen LogP contribution in [0, 0.1) is 0 Å². The summed E-state index contributed by atoms with van der Waals surface area (Å²) in [4.78, 5) is 25.5. The van der Waals surface area contributed by atoms with Crippen molar-refractivity contribution in [2.24, 2.45) is 7.05 Å². The summed E-state index contributed by atoms with van der Waals surface area (Å²) in [5.41, 5.74) is 2.09. The lowest BCUT2D eigenvalue weighted by Gasteiger charge is -2.13. The second-order valence-corrected chi connectivity index (χ2v) is 4.51. The van der Waals surface area contributed by atoms with Crippen LogP contribution in [0.15, 0.2) is 24.3 Å². The van der Waals surface area contributed by atoms with Crippen molar-refractivity contribution in [1.29, 1.82) is 0 Å². The summed E-state index contributed by atoms with van der Waals surface area (Å²) in [6.07, 6.45) is 0. The Morgan fingerprint density at radius 1 is 1.17 bits per heavy atom. The summed E-state index contributed by atoms with van der Waals surface area (Å²) in [5, 5.41) is 3.72. The third-order valence-corrected chi connectivity index (χ3v) is 3.30. The van der Waals surface area contributed by atoms with Crippen LogP contribution in [0.2, 0.25) is 0 Å². The van der Waals surface area contributed by atoms with Crippen LogP contribution >= 0.6 is 0 Å². The maximum absolute atomic E-state index is 12.3. The average molecular weight is 243 g/mol. The van der Waals surface area contributed by atoms with E-state index in [9.17, 15) is 9.59 Å². The number of para-hydroxylation sites is 1. The van der Waals surface area contributed by atoms with Gasteiger partial charge in [-0.1, -0.05) is 18.2 Å². The standard InChI is InChI=1S/C13H13N3O2/c1-15-7-10(17)14-11-8-5-3-4-6-9(8)16(2)12(11)13(15)18/h3-6H,7H2,1-2H3,(H,14,17). The van der Waals surface area contributed by atoms with Crippen LogP contribution in [0.1, 0.15) is 10.5 Å². The molecule has 2 heterocycles. The fourth-order valence-corrected chi connectivity index (χ4v) is 2.42. The zero-order valence-electron chi connectivity index (χ0n) is 10.2. The van der Waals surface area contributed by atoms with E-state index >= 15 is 0 Å². The molecular formula is C13H13N3O2. The van der Waals surface area contributed by atoms with Gasteiger partial charge in [0.2, 0.25) is 5.91 Å². The van der Waals surface area contributed by atoms with E-state index < -0.39 is 0 Å². The maximum Gasteiger partial charge on any atom is 0.272 e. The monoisotopic (exact) mass is 243 g/mol. The minimum absolute atomic E-state index is 0.0852. The maximum atomic E-state index is 12.3. The molecule has 0 saturated carbocycles. The number of aryl methyl sites for hydroxylation is 1. The van der Waals surface area contributed by atoms with Gasteiger partial charge in [0.1, 0.15) is 5.69 Å². The Labute approximate surface area is 104 Å². The molecule has 0 radical (unpaired) electrons. The van der Waals surface area contributed by atoms with Crippen molar-refractivity contribution in [3.05, 3.63) is 30.0 Å². The largest absolute Gasteiger partial charge is 0.338 e. The first-order valence-corrected chi connectivity index (χ1v) is 5.72. The molecule has 0 atom stereocenters. The van der Waals surface area contributed by atoms with Gasteiger partial charge in [-0.25, -0.2) is 0 Å². The Balaban J connectivity index is 2.38. The summed E-state index contributed by atoms with van der Waals surface area (Å²) >= 11 is 0. The molecule has 0 unspecified atom stereocenters. The molecule has 1 aliphatic heterocycles. The molecule has 1 aromatic heterocycles. The lowest BCUT2D eigenvalue weighted by atomic mass is 10.2. The molecule has 1 aliphatic rings. The summed E-state index contributed by atoms with van der Waals surface area (Å²) in [5.74, 6) is -0.303. The van der Waals surface area contributed by atoms with Crippen LogP contribution in [-0.2, 0) is 11.8 Å². The van der Waals surface area contributed by atoms with Crippen molar-refractivity contribution in [2.45, 2.75) is 0 Å². The number of rotatable bonds is 0. The number of hydrogen-bond acceptors (Lipinski definition) is 2. The third kappa shape index (κ3) is 1.33. The summed E-state index contributed by atoms with van der Waals surface area (Å²) in [6.45, 7) is 0.0852. The minimum Gasteiger partial charge on any atom is -0.338 e. The number of hydrogen-bond donors (Lipinski definition) is 1. The van der Waals surface area contributed by atoms with Gasteiger partial charge in [0.15, 0.2) is 0 Å². The van der Waals surface area contributed by atoms with E-state index in [0.29, 0.717) is 11.4 Å². The van der Waals surface area contributed by atoms with E-state index in [2.05, 4.69) is 5.32 Å². The van der Waals surface area contributed by atoms with Gasteiger partial charge in [-0.2, -0.15) is 0 Å². The van der Waals surface area contributed by atoms with Gasteiger partial charge in [0.25, 0.3) is 5.91 Å². The number of benzene rings is 1. The summed E-state index contributed by atoms with van der Waals surface area (Å²) in [6, 6.07) is 7.65. The highest BCUT2D eigenvalue weighted by molar-refractivity contribution is 6.15. The first kappa shape index (κ1) is 10.8. The topological polar surface area (TPSA) is 54.3 Å². The van der Waals surface area contributed by atoms with Crippen LogP contribution in [0.25, 0.3) is 10.9 Å². The van der Waals surface area contributed by atoms with Gasteiger partial charge >= 0.3 is 0 Å². The van der Waals surface area contributed by atoms with Gasteiger partial charge < -0.3 is 14.8 Å². The van der Waals surface area contributed by atoms with Crippen LogP contribution < -0.4 is 5.32 Å². The highest BCUT2D eigenvalue weighted by atomic mass is 16.2. The molecule has 2 aromatic rings. The van der Waals surface area contributed by atoms with Gasteiger partial charge in [0, 0.05) is 19.5 Å². The van der Waals surface area contributed by atoms with Crippen LogP contribution in [0.3, 0.4) is 0 Å². The van der Waals surface area contributed by atoms with E-state index in [-0.39, 0.29) is 18.4 Å². The van der Waals surface area contributed by atoms with Gasteiger partial charge in [-0.3, -0.25) is 9.59 Å². The SMILES string of the molecule is CN1CC(=O)Nc2c(n(C)c3ccccc23)C1=O. The molecule has 3 rings (SSSR count). The fraction of sp³-hybridized carbons (Fsp3) is 0.231. The molecule has 0 fully saturated rings. The number of amides is 2. The molecule has 18 heavy (non-hydrogen) atoms. The summed E-state index contributed by atoms with van der Waals surface area (Å²) < 4.78 is 1.83. The van der Waals surface area contributed by atoms with Crippen LogP contribution in [0.4, 0.5) is 5.69 Å². The Morgan fingerprint density at radius 2 is 1.89 bits per heavy atom. The number of anilines is 1. The second kappa shape index (κ2) is 3.60. The van der Waals surface area contributed by atoms with Crippen molar-refractivity contribution >= 4 is 28.4 Å². The Kier molecular flexibility index (Phi) is 2.16. The predicted molar refractivity (Wildman–Crippen MR) is 68.5 cm³/mol. The van der Waals surface area contributed by atoms with Crippen LogP contribution in [-0.4, -0.2) is 34.9 Å². The van der Waals surface area contributed by atoms with Crippen molar-refractivity contribution < 1.29 is 9.59 Å². The van der Waals surface area contributed by atoms with Gasteiger partial charge in [-0.15, -0.1) is 0 Å². The van der Waals surface area contributed by atoms with E-state index in [4.69, 9.17) is 0 Å². The van der Waals surface area contributed by atoms with Crippen LogP contribution in [0.5, 0.6) is 0 Å². The second-order valence-electron chi connectivity index (χ2n) is 4.51. The zero-order chi connectivity index (χ0) is 12.9. The number of likely N-dealkylation sites (N-methyl/N-ethyl adjacent to an activating group) is 1. The van der Waals surface area contributed by atoms with Crippen molar-refractivity contribution in [1.82, 2.24) is 9.47 Å². The molecule has 0 spiro atoms. The number of nitrogens with one attached hydrogen (secondary N) is 1. The van der Waals surface area contributed by atoms with Gasteiger partial charge in [-0.05, 0) is 6.07 Å². The van der Waals surface area contributed by atoms with Crippen molar-refractivity contribution in [2.75, 3.05) is 18.9 Å². The Morgan fingerprint density at radius 3 is 2.67 bits per heavy atom. The fourth-order valence-electron chi connectivity index (χ4n) is 2.42. The summed E-state index contributed by atoms with van der Waals surface area (Å²) in [7, 11) is 3.47. The molecule has 92 valence electrons. The normalized spacial score (nSPS) is 15.6. The molecule has 5 nitrogen and oxygen atoms in total. The Hall–Kier alpha value is -2.30. The number of aromatic nitrogens is 1. The molecule has 1 N–H and O–H groups in total. The highest BCUT2D eigenvalue weighted by Gasteiger charge is 2.28. The highest BCUT2D eigenvalue weighted by Crippen LogP contribution is 2.32. The molecule has 2 amide bonds. The minimum atomic E-state index is -0.166. The molecular weight excluding hydrogens is 230 g/mol. The number of carbonyl (C=O) groups excluding carboxylic acids is 2. The van der Waals surface area contributed by atoms with Gasteiger partial charge in [0.05, 0.1) is 17.7 Å². The van der Waals surface area contributed by atoms with E-state index in [1.54, 1.807) is 7.05 Å². The number of nitrogens with zero attached hydrogens (tertiary/aromatic N) is 2. The first-order valence-electron chi connectivity index (χ1n) is 5.72. The quantitative estimate of drug-likeness (QED) is 0.756. The predicted octanol–water partition coefficient (Wildman–Crippen LogP) is 1.20. The number of carbonyl (C=O) groups is 2. The zero-order valence-corrected chi connectivity index (χ0v) is 10.2. The Bertz CT molecular complexity index is 672. The van der Waals surface area contributed by atoms with Crippen molar-refractivity contribution in [3.8, 4) is 0 Å². The smallest absolute Gasteiger partial charge is 0.272 e. The van der Waals surface area contributed by atoms with E-state index in [1.807, 2.05) is 35.9 Å². The van der Waals surface area contributed by atoms with Crippen molar-refractivity contribution in [3.63, 3.8) is 0 Å². The molecule has 1 aromatic carbocycles. The third-order valence-electron chi connectivity index (χ3n) is 3.30. The lowest BCUT2D eigenvalue weighted by molar-refractivity contribution is -0.116. The first-order chi connectivity index (χ1) is 8.59. The van der Waals surface area contributed by atoms with E-state index in [1.165, 1.54) is 4.90 Å². The van der Waals surface area contributed by atoms with E-state index in [0.717, 1.165) is 10.9 Å². The molecule has 0 saturated heterocycles. The number of fused-ring (bicyclic) bond motifs is 3. The molecule has 5 heteroatoms. The molecule has 0 bridgehead atoms.